The Hall–Kier alpha value is -0.870. The van der Waals surface area contributed by atoms with Crippen LogP contribution in [0.4, 0.5) is 0 Å². The number of hydrogen-bond acceptors (Lipinski definition) is 3. The van der Waals surface area contributed by atoms with Gasteiger partial charge in [0, 0.05) is 13.0 Å². The number of aromatic nitrogens is 2. The molecule has 0 bridgehead atoms. The van der Waals surface area contributed by atoms with Gasteiger partial charge in [0.15, 0.2) is 0 Å². The van der Waals surface area contributed by atoms with Gasteiger partial charge in [-0.2, -0.15) is 5.10 Å². The van der Waals surface area contributed by atoms with Crippen molar-refractivity contribution in [1.82, 2.24) is 9.78 Å². The fraction of sp³-hybridized carbons (Fsp3) is 0.786. The van der Waals surface area contributed by atoms with Crippen LogP contribution < -0.4 is 0 Å². The second kappa shape index (κ2) is 4.07. The van der Waals surface area contributed by atoms with Crippen molar-refractivity contribution in [1.29, 1.82) is 0 Å². The first-order chi connectivity index (χ1) is 8.12. The van der Waals surface area contributed by atoms with E-state index in [0.717, 1.165) is 17.8 Å². The predicted molar refractivity (Wildman–Crippen MR) is 70.3 cm³/mol. The molecule has 0 saturated carbocycles. The van der Waals surface area contributed by atoms with Crippen LogP contribution in [0, 0.1) is 12.8 Å². The minimum absolute atomic E-state index is 0.0855. The van der Waals surface area contributed by atoms with Crippen LogP contribution in [0.2, 0.25) is 0 Å². The van der Waals surface area contributed by atoms with E-state index in [1.807, 2.05) is 20.0 Å². The quantitative estimate of drug-likeness (QED) is 0.879. The SMILES string of the molecule is Cc1cc(C(O)C2CC(C)(C)OC2(C)C)n(C)n1. The smallest absolute Gasteiger partial charge is 0.101 e. The third-order valence-electron chi connectivity index (χ3n) is 3.87. The molecule has 4 nitrogen and oxygen atoms in total. The second-order valence-corrected chi connectivity index (χ2v) is 6.55. The number of nitrogens with zero attached hydrogens (tertiary/aromatic N) is 2. The van der Waals surface area contributed by atoms with Gasteiger partial charge < -0.3 is 9.84 Å². The van der Waals surface area contributed by atoms with Crippen LogP contribution >= 0.6 is 0 Å². The molecule has 2 heterocycles. The van der Waals surface area contributed by atoms with E-state index in [1.54, 1.807) is 4.68 Å². The van der Waals surface area contributed by atoms with Crippen molar-refractivity contribution in [2.45, 2.75) is 58.3 Å². The topological polar surface area (TPSA) is 47.3 Å². The van der Waals surface area contributed by atoms with Crippen LogP contribution in [0.3, 0.4) is 0 Å². The highest BCUT2D eigenvalue weighted by atomic mass is 16.5. The van der Waals surface area contributed by atoms with E-state index in [9.17, 15) is 5.11 Å². The fourth-order valence-corrected chi connectivity index (χ4v) is 3.21. The molecule has 1 N–H and O–H groups in total. The largest absolute Gasteiger partial charge is 0.386 e. The molecule has 1 aliphatic heterocycles. The van der Waals surface area contributed by atoms with Crippen LogP contribution in [-0.2, 0) is 11.8 Å². The molecule has 1 aromatic rings. The van der Waals surface area contributed by atoms with Gasteiger partial charge in [0.05, 0.1) is 22.6 Å². The Kier molecular flexibility index (Phi) is 3.06. The number of ether oxygens (including phenoxy) is 1. The summed E-state index contributed by atoms with van der Waals surface area (Å²) in [5.41, 5.74) is 1.30. The third kappa shape index (κ3) is 2.31. The molecule has 102 valence electrons. The van der Waals surface area contributed by atoms with Gasteiger partial charge in [-0.1, -0.05) is 0 Å². The average molecular weight is 252 g/mol. The molecule has 1 aromatic heterocycles. The lowest BCUT2D eigenvalue weighted by molar-refractivity contribution is -0.0887. The summed E-state index contributed by atoms with van der Waals surface area (Å²) in [6.45, 7) is 10.2. The molecule has 2 atom stereocenters. The normalized spacial score (nSPS) is 27.4. The van der Waals surface area contributed by atoms with E-state index in [2.05, 4.69) is 32.8 Å². The van der Waals surface area contributed by atoms with Crippen LogP contribution in [0.15, 0.2) is 6.07 Å². The van der Waals surface area contributed by atoms with Gasteiger partial charge in [-0.25, -0.2) is 0 Å². The Bertz CT molecular complexity index is 449. The number of aliphatic hydroxyl groups excluding tert-OH is 1. The van der Waals surface area contributed by atoms with Crippen LogP contribution in [0.1, 0.15) is 51.6 Å². The highest BCUT2D eigenvalue weighted by molar-refractivity contribution is 5.15. The molecule has 4 heteroatoms. The van der Waals surface area contributed by atoms with E-state index in [1.165, 1.54) is 0 Å². The highest BCUT2D eigenvalue weighted by Gasteiger charge is 2.49. The van der Waals surface area contributed by atoms with Gasteiger partial charge in [-0.3, -0.25) is 4.68 Å². The lowest BCUT2D eigenvalue weighted by atomic mass is 9.82. The van der Waals surface area contributed by atoms with E-state index in [4.69, 9.17) is 4.74 Å². The second-order valence-electron chi connectivity index (χ2n) is 6.55. The lowest BCUT2D eigenvalue weighted by Crippen LogP contribution is -2.33. The van der Waals surface area contributed by atoms with E-state index < -0.39 is 6.10 Å². The average Bonchev–Trinajstić information content (AvgIpc) is 2.61. The minimum atomic E-state index is -0.534. The fourth-order valence-electron chi connectivity index (χ4n) is 3.21. The molecule has 1 aliphatic rings. The molecule has 2 rings (SSSR count). The molecule has 0 aliphatic carbocycles. The first-order valence-corrected chi connectivity index (χ1v) is 6.51. The summed E-state index contributed by atoms with van der Waals surface area (Å²) in [5, 5.41) is 14.9. The van der Waals surface area contributed by atoms with Crippen molar-refractivity contribution >= 4 is 0 Å². The van der Waals surface area contributed by atoms with Crippen molar-refractivity contribution in [3.63, 3.8) is 0 Å². The minimum Gasteiger partial charge on any atom is -0.386 e. The molecule has 0 amide bonds. The number of rotatable bonds is 2. The number of aliphatic hydroxyl groups is 1. The van der Waals surface area contributed by atoms with Gasteiger partial charge >= 0.3 is 0 Å². The van der Waals surface area contributed by atoms with Crippen molar-refractivity contribution < 1.29 is 9.84 Å². The van der Waals surface area contributed by atoms with Crippen molar-refractivity contribution in [2.24, 2.45) is 13.0 Å². The zero-order chi connectivity index (χ0) is 13.7. The van der Waals surface area contributed by atoms with Crippen LogP contribution in [0.25, 0.3) is 0 Å². The molecular formula is C14H24N2O2. The van der Waals surface area contributed by atoms with E-state index in [0.29, 0.717) is 0 Å². The summed E-state index contributed by atoms with van der Waals surface area (Å²) in [6, 6.07) is 1.95. The summed E-state index contributed by atoms with van der Waals surface area (Å²) in [6.07, 6.45) is 0.318. The summed E-state index contributed by atoms with van der Waals surface area (Å²) < 4.78 is 7.81. The van der Waals surface area contributed by atoms with Gasteiger partial charge in [0.2, 0.25) is 0 Å². The maximum atomic E-state index is 10.6. The molecule has 0 spiro atoms. The van der Waals surface area contributed by atoms with Crippen LogP contribution in [-0.4, -0.2) is 26.1 Å². The van der Waals surface area contributed by atoms with Crippen molar-refractivity contribution in [3.8, 4) is 0 Å². The molecule has 18 heavy (non-hydrogen) atoms. The maximum absolute atomic E-state index is 10.6. The predicted octanol–water partition coefficient (Wildman–Crippen LogP) is 2.36. The Morgan fingerprint density at radius 1 is 1.44 bits per heavy atom. The molecular weight excluding hydrogens is 228 g/mol. The van der Waals surface area contributed by atoms with Crippen molar-refractivity contribution in [3.05, 3.63) is 17.5 Å². The Morgan fingerprint density at radius 3 is 2.44 bits per heavy atom. The zero-order valence-corrected chi connectivity index (χ0v) is 12.2. The number of hydrogen-bond donors (Lipinski definition) is 1. The first kappa shape index (κ1) is 13.6. The summed E-state index contributed by atoms with van der Waals surface area (Å²) in [5.74, 6) is 0.0855. The van der Waals surface area contributed by atoms with E-state index in [-0.39, 0.29) is 17.1 Å². The first-order valence-electron chi connectivity index (χ1n) is 6.51. The molecule has 1 fully saturated rings. The van der Waals surface area contributed by atoms with Crippen LogP contribution in [0.5, 0.6) is 0 Å². The van der Waals surface area contributed by atoms with Gasteiger partial charge in [0.25, 0.3) is 0 Å². The van der Waals surface area contributed by atoms with Gasteiger partial charge in [-0.15, -0.1) is 0 Å². The molecule has 0 aromatic carbocycles. The number of aryl methyl sites for hydroxylation is 2. The standard InChI is InChI=1S/C14H24N2O2/c1-9-7-11(16(6)15-9)12(17)10-8-13(2,3)18-14(10,4)5/h7,10,12,17H,8H2,1-6H3. The van der Waals surface area contributed by atoms with Gasteiger partial charge in [0.1, 0.15) is 6.10 Å². The van der Waals surface area contributed by atoms with E-state index >= 15 is 0 Å². The molecule has 0 radical (unpaired) electrons. The lowest BCUT2D eigenvalue weighted by Gasteiger charge is -2.30. The van der Waals surface area contributed by atoms with Crippen molar-refractivity contribution in [2.75, 3.05) is 0 Å². The Morgan fingerprint density at radius 2 is 2.06 bits per heavy atom. The molecule has 1 saturated heterocycles. The third-order valence-corrected chi connectivity index (χ3v) is 3.87. The zero-order valence-electron chi connectivity index (χ0n) is 12.2. The highest BCUT2D eigenvalue weighted by Crippen LogP contribution is 2.47. The monoisotopic (exact) mass is 252 g/mol. The van der Waals surface area contributed by atoms with Gasteiger partial charge in [-0.05, 0) is 47.1 Å². The maximum Gasteiger partial charge on any atom is 0.101 e. The summed E-state index contributed by atoms with van der Waals surface area (Å²) in [4.78, 5) is 0. The molecule has 2 unspecified atom stereocenters. The Labute approximate surface area is 109 Å². The summed E-state index contributed by atoms with van der Waals surface area (Å²) in [7, 11) is 1.87. The Balaban J connectivity index is 2.29. The summed E-state index contributed by atoms with van der Waals surface area (Å²) >= 11 is 0.